The van der Waals surface area contributed by atoms with E-state index in [0.717, 1.165) is 17.8 Å². The molecule has 6 nitrogen and oxygen atoms in total. The Bertz CT molecular complexity index is 562. The molecule has 0 spiro atoms. The number of carbonyl (C=O) groups is 1. The lowest BCUT2D eigenvalue weighted by Crippen LogP contribution is -1.98. The van der Waals surface area contributed by atoms with Gasteiger partial charge in [-0.25, -0.2) is 9.78 Å². The summed E-state index contributed by atoms with van der Waals surface area (Å²) >= 11 is 1.11. The van der Waals surface area contributed by atoms with Crippen molar-refractivity contribution in [2.75, 3.05) is 5.32 Å². The monoisotopic (exact) mass is 267 g/mol. The number of carboxylic acids is 1. The Morgan fingerprint density at radius 1 is 1.61 bits per heavy atom. The number of aryl methyl sites for hydroxylation is 2. The number of rotatable bonds is 5. The molecule has 0 unspecified atom stereocenters. The summed E-state index contributed by atoms with van der Waals surface area (Å²) in [6, 6.07) is 1.72. The Balaban J connectivity index is 2.23. The van der Waals surface area contributed by atoms with Gasteiger partial charge >= 0.3 is 5.97 Å². The van der Waals surface area contributed by atoms with Gasteiger partial charge in [-0.2, -0.15) is 0 Å². The SMILES string of the molecule is CCCc1nc(Nc2cc(C)on2)sc1C(=O)O. The molecule has 0 bridgehead atoms. The van der Waals surface area contributed by atoms with Crippen LogP contribution in [-0.4, -0.2) is 21.2 Å². The fraction of sp³-hybridized carbons (Fsp3) is 0.364. The number of anilines is 2. The molecule has 2 N–H and O–H groups in total. The van der Waals surface area contributed by atoms with Gasteiger partial charge in [0.2, 0.25) is 0 Å². The van der Waals surface area contributed by atoms with E-state index < -0.39 is 5.97 Å². The standard InChI is InChI=1S/C11H13N3O3S/c1-3-4-7-9(10(15)16)18-11(12-7)13-8-5-6(2)17-14-8/h5H,3-4H2,1-2H3,(H,15,16)(H,12,13,14). The van der Waals surface area contributed by atoms with E-state index >= 15 is 0 Å². The number of thiazole rings is 1. The first-order chi connectivity index (χ1) is 8.60. The molecule has 0 aliphatic rings. The highest BCUT2D eigenvalue weighted by Crippen LogP contribution is 2.26. The van der Waals surface area contributed by atoms with E-state index in [9.17, 15) is 4.79 Å². The number of hydrogen-bond acceptors (Lipinski definition) is 6. The molecule has 18 heavy (non-hydrogen) atoms. The molecule has 0 aliphatic heterocycles. The molecule has 2 aromatic heterocycles. The first-order valence-electron chi connectivity index (χ1n) is 5.53. The summed E-state index contributed by atoms with van der Waals surface area (Å²) in [5, 5.41) is 16.3. The molecule has 0 saturated carbocycles. The maximum absolute atomic E-state index is 11.1. The first-order valence-corrected chi connectivity index (χ1v) is 6.35. The minimum Gasteiger partial charge on any atom is -0.477 e. The van der Waals surface area contributed by atoms with Crippen LogP contribution in [0, 0.1) is 6.92 Å². The highest BCUT2D eigenvalue weighted by Gasteiger charge is 2.17. The third-order valence-corrected chi connectivity index (χ3v) is 3.24. The van der Waals surface area contributed by atoms with Gasteiger partial charge < -0.3 is 14.9 Å². The quantitative estimate of drug-likeness (QED) is 0.866. The Hall–Kier alpha value is -1.89. The van der Waals surface area contributed by atoms with Crippen LogP contribution in [-0.2, 0) is 6.42 Å². The van der Waals surface area contributed by atoms with Crippen molar-refractivity contribution in [1.29, 1.82) is 0 Å². The Morgan fingerprint density at radius 3 is 2.94 bits per heavy atom. The molecule has 2 heterocycles. The molecule has 0 aromatic carbocycles. The summed E-state index contributed by atoms with van der Waals surface area (Å²) in [6.45, 7) is 3.77. The van der Waals surface area contributed by atoms with Gasteiger partial charge in [-0.05, 0) is 13.3 Å². The van der Waals surface area contributed by atoms with Crippen molar-refractivity contribution in [3.05, 3.63) is 22.4 Å². The Morgan fingerprint density at radius 2 is 2.39 bits per heavy atom. The maximum atomic E-state index is 11.1. The molecular weight excluding hydrogens is 254 g/mol. The average molecular weight is 267 g/mol. The Labute approximate surface area is 108 Å². The van der Waals surface area contributed by atoms with Crippen molar-refractivity contribution in [1.82, 2.24) is 10.1 Å². The van der Waals surface area contributed by atoms with E-state index in [-0.39, 0.29) is 4.88 Å². The van der Waals surface area contributed by atoms with Crippen LogP contribution >= 0.6 is 11.3 Å². The van der Waals surface area contributed by atoms with Crippen LogP contribution in [0.1, 0.15) is 34.5 Å². The van der Waals surface area contributed by atoms with Gasteiger partial charge in [0, 0.05) is 6.07 Å². The molecule has 96 valence electrons. The average Bonchev–Trinajstić information content (AvgIpc) is 2.87. The second kappa shape index (κ2) is 5.18. The van der Waals surface area contributed by atoms with Crippen LogP contribution in [0.5, 0.6) is 0 Å². The van der Waals surface area contributed by atoms with Crippen LogP contribution in [0.25, 0.3) is 0 Å². The molecule has 0 fully saturated rings. The fourth-order valence-electron chi connectivity index (χ4n) is 1.51. The Kier molecular flexibility index (Phi) is 3.61. The molecule has 0 atom stereocenters. The van der Waals surface area contributed by atoms with E-state index in [1.807, 2.05) is 6.92 Å². The van der Waals surface area contributed by atoms with Crippen LogP contribution in [0.15, 0.2) is 10.6 Å². The van der Waals surface area contributed by atoms with Gasteiger partial charge in [-0.15, -0.1) is 0 Å². The molecule has 2 aromatic rings. The third kappa shape index (κ3) is 2.67. The highest BCUT2D eigenvalue weighted by molar-refractivity contribution is 7.17. The lowest BCUT2D eigenvalue weighted by molar-refractivity contribution is 0.0700. The summed E-state index contributed by atoms with van der Waals surface area (Å²) in [5.74, 6) is 0.267. The predicted octanol–water partition coefficient (Wildman–Crippen LogP) is 2.83. The highest BCUT2D eigenvalue weighted by atomic mass is 32.1. The zero-order chi connectivity index (χ0) is 13.1. The van der Waals surface area contributed by atoms with Gasteiger partial charge in [0.1, 0.15) is 10.6 Å². The van der Waals surface area contributed by atoms with E-state index in [0.29, 0.717) is 28.8 Å². The van der Waals surface area contributed by atoms with Crippen molar-refractivity contribution in [3.63, 3.8) is 0 Å². The first kappa shape index (κ1) is 12.6. The van der Waals surface area contributed by atoms with Gasteiger partial charge in [0.15, 0.2) is 10.9 Å². The van der Waals surface area contributed by atoms with Crippen LogP contribution < -0.4 is 5.32 Å². The van der Waals surface area contributed by atoms with Crippen molar-refractivity contribution in [2.24, 2.45) is 0 Å². The second-order valence-corrected chi connectivity index (χ2v) is 4.80. The number of aromatic nitrogens is 2. The van der Waals surface area contributed by atoms with E-state index in [1.54, 1.807) is 13.0 Å². The number of hydrogen-bond donors (Lipinski definition) is 2. The summed E-state index contributed by atoms with van der Waals surface area (Å²) < 4.78 is 4.92. The normalized spacial score (nSPS) is 10.6. The van der Waals surface area contributed by atoms with Crippen molar-refractivity contribution in [3.8, 4) is 0 Å². The molecule has 0 saturated heterocycles. The van der Waals surface area contributed by atoms with E-state index in [4.69, 9.17) is 9.63 Å². The minimum atomic E-state index is -0.944. The molecular formula is C11H13N3O3S. The largest absolute Gasteiger partial charge is 0.477 e. The minimum absolute atomic E-state index is 0.277. The van der Waals surface area contributed by atoms with Crippen LogP contribution in [0.2, 0.25) is 0 Å². The molecule has 2 rings (SSSR count). The fourth-order valence-corrected chi connectivity index (χ4v) is 2.37. The van der Waals surface area contributed by atoms with Gasteiger partial charge in [0.05, 0.1) is 5.69 Å². The lowest BCUT2D eigenvalue weighted by atomic mass is 10.2. The zero-order valence-electron chi connectivity index (χ0n) is 10.1. The van der Waals surface area contributed by atoms with E-state index in [2.05, 4.69) is 15.5 Å². The van der Waals surface area contributed by atoms with Crippen LogP contribution in [0.3, 0.4) is 0 Å². The topological polar surface area (TPSA) is 88.3 Å². The van der Waals surface area contributed by atoms with Gasteiger partial charge in [-0.1, -0.05) is 29.8 Å². The number of nitrogens with one attached hydrogen (secondary N) is 1. The lowest BCUT2D eigenvalue weighted by Gasteiger charge is -1.94. The van der Waals surface area contributed by atoms with Crippen molar-refractivity contribution < 1.29 is 14.4 Å². The van der Waals surface area contributed by atoms with Crippen molar-refractivity contribution in [2.45, 2.75) is 26.7 Å². The summed E-state index contributed by atoms with van der Waals surface area (Å²) in [5.41, 5.74) is 0.609. The second-order valence-electron chi connectivity index (χ2n) is 3.80. The summed E-state index contributed by atoms with van der Waals surface area (Å²) in [7, 11) is 0. The third-order valence-electron chi connectivity index (χ3n) is 2.24. The predicted molar refractivity (Wildman–Crippen MR) is 67.6 cm³/mol. The van der Waals surface area contributed by atoms with Crippen molar-refractivity contribution >= 4 is 28.3 Å². The number of aromatic carboxylic acids is 1. The van der Waals surface area contributed by atoms with Gasteiger partial charge in [-0.3, -0.25) is 0 Å². The number of nitrogens with zero attached hydrogens (tertiary/aromatic N) is 2. The number of carboxylic acid groups (broad SMARTS) is 1. The smallest absolute Gasteiger partial charge is 0.347 e. The summed E-state index contributed by atoms with van der Waals surface area (Å²) in [4.78, 5) is 15.6. The molecule has 0 aliphatic carbocycles. The van der Waals surface area contributed by atoms with E-state index in [1.165, 1.54) is 0 Å². The zero-order valence-corrected chi connectivity index (χ0v) is 10.9. The molecule has 7 heteroatoms. The molecule has 0 radical (unpaired) electrons. The van der Waals surface area contributed by atoms with Gasteiger partial charge in [0.25, 0.3) is 0 Å². The summed E-state index contributed by atoms with van der Waals surface area (Å²) in [6.07, 6.45) is 1.50. The maximum Gasteiger partial charge on any atom is 0.347 e. The molecule has 0 amide bonds. The van der Waals surface area contributed by atoms with Crippen LogP contribution in [0.4, 0.5) is 10.9 Å².